The summed E-state index contributed by atoms with van der Waals surface area (Å²) in [5.41, 5.74) is 0.207. The zero-order valence-electron chi connectivity index (χ0n) is 13.9. The normalized spacial score (nSPS) is 20.7. The maximum atomic E-state index is 13.0. The van der Waals surface area contributed by atoms with Crippen LogP contribution in [0.2, 0.25) is 0 Å². The summed E-state index contributed by atoms with van der Waals surface area (Å²) in [4.78, 5) is 26.6. The second-order valence-electron chi connectivity index (χ2n) is 6.49. The fourth-order valence-electron chi connectivity index (χ4n) is 2.97. The van der Waals surface area contributed by atoms with E-state index in [0.717, 1.165) is 12.8 Å². The summed E-state index contributed by atoms with van der Waals surface area (Å²) in [5, 5.41) is 11.8. The average Bonchev–Trinajstić information content (AvgIpc) is 2.77. The molecule has 0 radical (unpaired) electrons. The van der Waals surface area contributed by atoms with Gasteiger partial charge in [0.25, 0.3) is 5.91 Å². The standard InChI is InChI=1S/C18H23N3O2/c1-4-10-18(11-9-13(2)3)16(22)21(17(23)20-18)15-7-5-14(12-19)6-8-15/h5-8,13H,4,9-11H2,1-3H3,(H,20,23). The fourth-order valence-corrected chi connectivity index (χ4v) is 2.97. The SMILES string of the molecule is CCCC1(CCC(C)C)NC(=O)N(c2ccc(C#N)cc2)C1=O. The Bertz CT molecular complexity index is 631. The van der Waals surface area contributed by atoms with Gasteiger partial charge >= 0.3 is 6.03 Å². The van der Waals surface area contributed by atoms with Gasteiger partial charge in [0, 0.05) is 0 Å². The minimum absolute atomic E-state index is 0.185. The second kappa shape index (κ2) is 6.82. The highest BCUT2D eigenvalue weighted by molar-refractivity contribution is 6.23. The molecule has 1 aromatic rings. The lowest BCUT2D eigenvalue weighted by Crippen LogP contribution is -2.47. The number of nitriles is 1. The van der Waals surface area contributed by atoms with Crippen molar-refractivity contribution in [3.05, 3.63) is 29.8 Å². The van der Waals surface area contributed by atoms with Gasteiger partial charge in [-0.1, -0.05) is 27.2 Å². The number of imide groups is 1. The number of benzene rings is 1. The van der Waals surface area contributed by atoms with Crippen LogP contribution < -0.4 is 10.2 Å². The summed E-state index contributed by atoms with van der Waals surface area (Å²) in [7, 11) is 0. The first-order valence-corrected chi connectivity index (χ1v) is 8.10. The van der Waals surface area contributed by atoms with Gasteiger partial charge < -0.3 is 5.32 Å². The maximum absolute atomic E-state index is 13.0. The van der Waals surface area contributed by atoms with Gasteiger partial charge in [0.1, 0.15) is 5.54 Å². The molecule has 1 heterocycles. The molecule has 5 nitrogen and oxygen atoms in total. The number of nitrogens with one attached hydrogen (secondary N) is 1. The van der Waals surface area contributed by atoms with Gasteiger partial charge in [-0.2, -0.15) is 5.26 Å². The molecule has 1 atom stereocenters. The number of hydrogen-bond donors (Lipinski definition) is 1. The Morgan fingerprint density at radius 1 is 1.22 bits per heavy atom. The van der Waals surface area contributed by atoms with Crippen molar-refractivity contribution in [1.82, 2.24) is 5.32 Å². The molecule has 0 aliphatic carbocycles. The molecule has 122 valence electrons. The first kappa shape index (κ1) is 17.0. The largest absolute Gasteiger partial charge is 0.329 e. The van der Waals surface area contributed by atoms with Gasteiger partial charge in [0.15, 0.2) is 0 Å². The van der Waals surface area contributed by atoms with E-state index >= 15 is 0 Å². The van der Waals surface area contributed by atoms with Crippen LogP contribution in [0.25, 0.3) is 0 Å². The Morgan fingerprint density at radius 2 is 1.87 bits per heavy atom. The predicted octanol–water partition coefficient (Wildman–Crippen LogP) is 3.59. The number of urea groups is 1. The molecule has 1 fully saturated rings. The lowest BCUT2D eigenvalue weighted by Gasteiger charge is -2.27. The Balaban J connectivity index is 2.30. The third kappa shape index (κ3) is 3.37. The van der Waals surface area contributed by atoms with Crippen molar-refractivity contribution in [3.8, 4) is 6.07 Å². The van der Waals surface area contributed by atoms with E-state index in [2.05, 4.69) is 19.2 Å². The van der Waals surface area contributed by atoms with Crippen LogP contribution in [0.4, 0.5) is 10.5 Å². The molecule has 1 saturated heterocycles. The number of amides is 3. The molecule has 1 unspecified atom stereocenters. The lowest BCUT2D eigenvalue weighted by atomic mass is 9.86. The number of anilines is 1. The third-order valence-electron chi connectivity index (χ3n) is 4.24. The maximum Gasteiger partial charge on any atom is 0.329 e. The van der Waals surface area contributed by atoms with Crippen molar-refractivity contribution >= 4 is 17.6 Å². The molecule has 5 heteroatoms. The van der Waals surface area contributed by atoms with Crippen LogP contribution in [0.5, 0.6) is 0 Å². The molecular weight excluding hydrogens is 290 g/mol. The fraction of sp³-hybridized carbons (Fsp3) is 0.500. The molecule has 0 bridgehead atoms. The van der Waals surface area contributed by atoms with Crippen LogP contribution in [0.1, 0.15) is 52.0 Å². The number of nitrogens with zero attached hydrogens (tertiary/aromatic N) is 2. The summed E-state index contributed by atoms with van der Waals surface area (Å²) in [5.74, 6) is 0.284. The van der Waals surface area contributed by atoms with E-state index in [1.807, 2.05) is 13.0 Å². The Kier molecular flexibility index (Phi) is 5.05. The third-order valence-corrected chi connectivity index (χ3v) is 4.24. The predicted molar refractivity (Wildman–Crippen MR) is 88.9 cm³/mol. The highest BCUT2D eigenvalue weighted by Crippen LogP contribution is 2.32. The van der Waals surface area contributed by atoms with Crippen molar-refractivity contribution in [2.45, 2.75) is 52.0 Å². The van der Waals surface area contributed by atoms with Crippen LogP contribution in [0.15, 0.2) is 24.3 Å². The van der Waals surface area contributed by atoms with E-state index in [-0.39, 0.29) is 11.9 Å². The molecule has 1 aliphatic rings. The smallest absolute Gasteiger partial charge is 0.323 e. The molecular formula is C18H23N3O2. The molecule has 0 aromatic heterocycles. The van der Waals surface area contributed by atoms with Gasteiger partial charge in [-0.15, -0.1) is 0 Å². The molecule has 23 heavy (non-hydrogen) atoms. The first-order chi connectivity index (χ1) is 10.9. The van der Waals surface area contributed by atoms with Crippen LogP contribution >= 0.6 is 0 Å². The Morgan fingerprint density at radius 3 is 2.39 bits per heavy atom. The highest BCUT2D eigenvalue weighted by Gasteiger charge is 2.50. The molecule has 1 aliphatic heterocycles. The number of hydrogen-bond acceptors (Lipinski definition) is 3. The van der Waals surface area contributed by atoms with Crippen molar-refractivity contribution < 1.29 is 9.59 Å². The van der Waals surface area contributed by atoms with Crippen molar-refractivity contribution in [1.29, 1.82) is 5.26 Å². The number of carbonyl (C=O) groups is 2. The van der Waals surface area contributed by atoms with Crippen LogP contribution in [0, 0.1) is 17.2 Å². The van der Waals surface area contributed by atoms with E-state index < -0.39 is 5.54 Å². The summed E-state index contributed by atoms with van der Waals surface area (Å²) < 4.78 is 0. The molecule has 2 rings (SSSR count). The van der Waals surface area contributed by atoms with E-state index in [0.29, 0.717) is 30.0 Å². The number of carbonyl (C=O) groups excluding carboxylic acids is 2. The monoisotopic (exact) mass is 313 g/mol. The van der Waals surface area contributed by atoms with Crippen LogP contribution in [-0.2, 0) is 4.79 Å². The van der Waals surface area contributed by atoms with Gasteiger partial charge in [-0.25, -0.2) is 9.69 Å². The van der Waals surface area contributed by atoms with E-state index in [9.17, 15) is 9.59 Å². The zero-order chi connectivity index (χ0) is 17.0. The van der Waals surface area contributed by atoms with Crippen molar-refractivity contribution in [3.63, 3.8) is 0 Å². The van der Waals surface area contributed by atoms with Crippen molar-refractivity contribution in [2.75, 3.05) is 4.90 Å². The minimum atomic E-state index is -0.802. The minimum Gasteiger partial charge on any atom is -0.323 e. The van der Waals surface area contributed by atoms with E-state index in [1.165, 1.54) is 4.90 Å². The van der Waals surface area contributed by atoms with Crippen molar-refractivity contribution in [2.24, 2.45) is 5.92 Å². The van der Waals surface area contributed by atoms with Crippen LogP contribution in [0.3, 0.4) is 0 Å². The lowest BCUT2D eigenvalue weighted by molar-refractivity contribution is -0.122. The average molecular weight is 313 g/mol. The van der Waals surface area contributed by atoms with Gasteiger partial charge in [-0.3, -0.25) is 4.79 Å². The van der Waals surface area contributed by atoms with Crippen LogP contribution in [-0.4, -0.2) is 17.5 Å². The number of rotatable bonds is 6. The summed E-state index contributed by atoms with van der Waals surface area (Å²) >= 11 is 0. The summed E-state index contributed by atoms with van der Waals surface area (Å²) in [6.45, 7) is 6.24. The molecule has 3 amide bonds. The Hall–Kier alpha value is -2.35. The molecule has 0 saturated carbocycles. The van der Waals surface area contributed by atoms with Gasteiger partial charge in [-0.05, 0) is 49.4 Å². The van der Waals surface area contributed by atoms with Gasteiger partial charge in [0.2, 0.25) is 0 Å². The summed E-state index contributed by atoms with van der Waals surface area (Å²) in [6, 6.07) is 8.16. The zero-order valence-corrected chi connectivity index (χ0v) is 13.9. The van der Waals surface area contributed by atoms with E-state index in [4.69, 9.17) is 5.26 Å². The Labute approximate surface area is 137 Å². The summed E-state index contributed by atoms with van der Waals surface area (Å²) in [6.07, 6.45) is 2.99. The second-order valence-corrected chi connectivity index (χ2v) is 6.49. The first-order valence-electron chi connectivity index (χ1n) is 8.10. The quantitative estimate of drug-likeness (QED) is 0.816. The molecule has 1 N–H and O–H groups in total. The van der Waals surface area contributed by atoms with E-state index in [1.54, 1.807) is 24.3 Å². The molecule has 0 spiro atoms. The molecule has 1 aromatic carbocycles. The highest BCUT2D eigenvalue weighted by atomic mass is 16.2. The van der Waals surface area contributed by atoms with Gasteiger partial charge in [0.05, 0.1) is 17.3 Å². The topological polar surface area (TPSA) is 73.2 Å².